The van der Waals surface area contributed by atoms with Crippen LogP contribution in [-0.4, -0.2) is 6.03 Å². The van der Waals surface area contributed by atoms with Crippen molar-refractivity contribution in [1.82, 2.24) is 0 Å². The molecular weight excluding hydrogens is 364 g/mol. The Morgan fingerprint density at radius 1 is 0.833 bits per heavy atom. The molecule has 24 heavy (non-hydrogen) atoms. The van der Waals surface area contributed by atoms with Crippen LogP contribution in [0.1, 0.15) is 5.56 Å². The average molecular weight is 381 g/mol. The van der Waals surface area contributed by atoms with Crippen LogP contribution in [0.25, 0.3) is 0 Å². The zero-order valence-electron chi connectivity index (χ0n) is 13.0. The zero-order valence-corrected chi connectivity index (χ0v) is 14.6. The van der Waals surface area contributed by atoms with E-state index < -0.39 is 0 Å². The highest BCUT2D eigenvalue weighted by molar-refractivity contribution is 9.10. The van der Waals surface area contributed by atoms with Gasteiger partial charge in [-0.15, -0.1) is 0 Å². The fraction of sp³-hybridized carbons (Fsp3) is 0.0500. The minimum Gasteiger partial charge on any atom is -0.308 e. The normalized spacial score (nSPS) is 10.2. The molecule has 0 saturated carbocycles. The summed E-state index contributed by atoms with van der Waals surface area (Å²) in [4.78, 5) is 14.6. The number of halogens is 1. The third-order valence-corrected chi connectivity index (χ3v) is 4.27. The van der Waals surface area contributed by atoms with Crippen molar-refractivity contribution in [3.05, 3.63) is 95.0 Å². The van der Waals surface area contributed by atoms with Gasteiger partial charge in [-0.25, -0.2) is 4.79 Å². The summed E-state index contributed by atoms with van der Waals surface area (Å²) in [7, 11) is 0. The van der Waals surface area contributed by atoms with Gasteiger partial charge in [0.25, 0.3) is 0 Å². The second-order valence-corrected chi connectivity index (χ2v) is 6.17. The van der Waals surface area contributed by atoms with Gasteiger partial charge in [0, 0.05) is 10.2 Å². The number of nitrogens with zero attached hydrogens (tertiary/aromatic N) is 1. The smallest absolute Gasteiger partial charge is 0.308 e. The number of para-hydroxylation sites is 2. The molecule has 1 N–H and O–H groups in total. The summed E-state index contributed by atoms with van der Waals surface area (Å²) in [5.41, 5.74) is 2.67. The van der Waals surface area contributed by atoms with Gasteiger partial charge in [-0.1, -0.05) is 60.7 Å². The highest BCUT2D eigenvalue weighted by Crippen LogP contribution is 2.28. The van der Waals surface area contributed by atoms with Crippen LogP contribution in [0.4, 0.5) is 16.2 Å². The van der Waals surface area contributed by atoms with Gasteiger partial charge in [-0.3, -0.25) is 4.90 Å². The number of hydrogen-bond acceptors (Lipinski definition) is 1. The summed E-state index contributed by atoms with van der Waals surface area (Å²) in [6, 6.07) is 27.0. The second kappa shape index (κ2) is 7.79. The first kappa shape index (κ1) is 16.3. The first-order valence-corrected chi connectivity index (χ1v) is 8.45. The van der Waals surface area contributed by atoms with E-state index in [0.29, 0.717) is 6.54 Å². The number of rotatable bonds is 4. The first-order chi connectivity index (χ1) is 11.7. The topological polar surface area (TPSA) is 32.3 Å². The quantitative estimate of drug-likeness (QED) is 0.619. The lowest BCUT2D eigenvalue weighted by atomic mass is 10.2. The molecule has 3 rings (SSSR count). The summed E-state index contributed by atoms with van der Waals surface area (Å²) >= 11 is 3.54. The molecule has 3 nitrogen and oxygen atoms in total. The molecule has 0 saturated heterocycles. The molecule has 0 spiro atoms. The Balaban J connectivity index is 1.89. The van der Waals surface area contributed by atoms with Crippen molar-refractivity contribution in [3.8, 4) is 0 Å². The Morgan fingerprint density at radius 2 is 1.42 bits per heavy atom. The molecule has 0 fully saturated rings. The van der Waals surface area contributed by atoms with Crippen molar-refractivity contribution >= 4 is 33.3 Å². The number of nitrogens with one attached hydrogen (secondary N) is 1. The Morgan fingerprint density at radius 3 is 2.08 bits per heavy atom. The Hall–Kier alpha value is -2.59. The molecular formula is C20H17BrN2O. The van der Waals surface area contributed by atoms with E-state index in [0.717, 1.165) is 21.4 Å². The molecule has 120 valence electrons. The SMILES string of the molecule is O=C(Nc1ccccc1)N(Cc1ccccc1)c1ccccc1Br. The highest BCUT2D eigenvalue weighted by Gasteiger charge is 2.18. The minimum absolute atomic E-state index is 0.169. The van der Waals surface area contributed by atoms with E-state index in [4.69, 9.17) is 0 Å². The van der Waals surface area contributed by atoms with Crippen molar-refractivity contribution in [2.45, 2.75) is 6.54 Å². The van der Waals surface area contributed by atoms with Crippen molar-refractivity contribution < 1.29 is 4.79 Å². The van der Waals surface area contributed by atoms with Crippen molar-refractivity contribution in [3.63, 3.8) is 0 Å². The molecule has 0 aromatic heterocycles. The molecule has 0 aliphatic rings. The molecule has 0 radical (unpaired) electrons. The highest BCUT2D eigenvalue weighted by atomic mass is 79.9. The lowest BCUT2D eigenvalue weighted by molar-refractivity contribution is 0.256. The number of carbonyl (C=O) groups is 1. The second-order valence-electron chi connectivity index (χ2n) is 5.32. The molecule has 0 bridgehead atoms. The monoisotopic (exact) mass is 380 g/mol. The minimum atomic E-state index is -0.169. The zero-order chi connectivity index (χ0) is 16.8. The molecule has 0 unspecified atom stereocenters. The Kier molecular flexibility index (Phi) is 5.29. The Bertz CT molecular complexity index is 806. The van der Waals surface area contributed by atoms with Gasteiger partial charge >= 0.3 is 6.03 Å². The number of urea groups is 1. The molecule has 3 aromatic rings. The van der Waals surface area contributed by atoms with E-state index in [9.17, 15) is 4.79 Å². The lowest BCUT2D eigenvalue weighted by Crippen LogP contribution is -2.34. The van der Waals surface area contributed by atoms with Crippen LogP contribution in [0.5, 0.6) is 0 Å². The summed E-state index contributed by atoms with van der Waals surface area (Å²) in [5, 5.41) is 2.95. The van der Waals surface area contributed by atoms with E-state index >= 15 is 0 Å². The average Bonchev–Trinajstić information content (AvgIpc) is 2.62. The maximum Gasteiger partial charge on any atom is 0.326 e. The van der Waals surface area contributed by atoms with E-state index in [1.54, 1.807) is 4.90 Å². The van der Waals surface area contributed by atoms with Gasteiger partial charge < -0.3 is 5.32 Å². The summed E-state index contributed by atoms with van der Waals surface area (Å²) in [6.07, 6.45) is 0. The third kappa shape index (κ3) is 4.03. The predicted octanol–water partition coefficient (Wildman–Crippen LogP) is 5.69. The van der Waals surface area contributed by atoms with Crippen molar-refractivity contribution in [2.75, 3.05) is 10.2 Å². The molecule has 0 aliphatic carbocycles. The molecule has 4 heteroatoms. The summed E-state index contributed by atoms with van der Waals surface area (Å²) in [6.45, 7) is 0.488. The maximum absolute atomic E-state index is 12.9. The van der Waals surface area contributed by atoms with Crippen molar-refractivity contribution in [1.29, 1.82) is 0 Å². The van der Waals surface area contributed by atoms with Gasteiger partial charge in [0.05, 0.1) is 12.2 Å². The number of carbonyl (C=O) groups excluding carboxylic acids is 1. The molecule has 2 amide bonds. The number of anilines is 2. The fourth-order valence-corrected chi connectivity index (χ4v) is 2.91. The molecule has 0 aliphatic heterocycles. The van der Waals surface area contributed by atoms with Gasteiger partial charge in [0.2, 0.25) is 0 Å². The largest absolute Gasteiger partial charge is 0.326 e. The van der Waals surface area contributed by atoms with E-state index in [1.807, 2.05) is 84.9 Å². The van der Waals surface area contributed by atoms with E-state index in [2.05, 4.69) is 21.2 Å². The van der Waals surface area contributed by atoms with Gasteiger partial charge in [0.15, 0.2) is 0 Å². The first-order valence-electron chi connectivity index (χ1n) is 7.66. The van der Waals surface area contributed by atoms with E-state index in [-0.39, 0.29) is 6.03 Å². The summed E-state index contributed by atoms with van der Waals surface area (Å²) in [5.74, 6) is 0. The van der Waals surface area contributed by atoms with Crippen LogP contribution >= 0.6 is 15.9 Å². The van der Waals surface area contributed by atoms with Crippen LogP contribution < -0.4 is 10.2 Å². The fourth-order valence-electron chi connectivity index (χ4n) is 2.42. The Labute approximate surface area is 150 Å². The van der Waals surface area contributed by atoms with Crippen LogP contribution in [0.3, 0.4) is 0 Å². The summed E-state index contributed by atoms with van der Waals surface area (Å²) < 4.78 is 0.879. The number of benzene rings is 3. The van der Waals surface area contributed by atoms with Crippen molar-refractivity contribution in [2.24, 2.45) is 0 Å². The maximum atomic E-state index is 12.9. The van der Waals surface area contributed by atoms with Gasteiger partial charge in [-0.2, -0.15) is 0 Å². The standard InChI is InChI=1S/C20H17BrN2O/c21-18-13-7-8-14-19(18)23(15-16-9-3-1-4-10-16)20(24)22-17-11-5-2-6-12-17/h1-14H,15H2,(H,22,24). The number of hydrogen-bond donors (Lipinski definition) is 1. The molecule has 0 heterocycles. The van der Waals surface area contributed by atoms with Crippen LogP contribution in [0.15, 0.2) is 89.4 Å². The van der Waals surface area contributed by atoms with Crippen LogP contribution in [-0.2, 0) is 6.54 Å². The number of amides is 2. The van der Waals surface area contributed by atoms with Crippen LogP contribution in [0.2, 0.25) is 0 Å². The molecule has 3 aromatic carbocycles. The van der Waals surface area contributed by atoms with Gasteiger partial charge in [-0.05, 0) is 45.8 Å². The van der Waals surface area contributed by atoms with Gasteiger partial charge in [0.1, 0.15) is 0 Å². The van der Waals surface area contributed by atoms with E-state index in [1.165, 1.54) is 0 Å². The van der Waals surface area contributed by atoms with Crippen LogP contribution in [0, 0.1) is 0 Å². The lowest BCUT2D eigenvalue weighted by Gasteiger charge is -2.24. The predicted molar refractivity (Wildman–Crippen MR) is 102 cm³/mol. The molecule has 0 atom stereocenters. The third-order valence-electron chi connectivity index (χ3n) is 3.60.